The number of nitrogens with one attached hydrogen (secondary N) is 1. The largest absolute Gasteiger partial charge is 0.456 e. The summed E-state index contributed by atoms with van der Waals surface area (Å²) in [5.74, 6) is 0.488. The first-order valence-electron chi connectivity index (χ1n) is 8.99. The number of benzene rings is 1. The van der Waals surface area contributed by atoms with Crippen molar-refractivity contribution in [3.63, 3.8) is 0 Å². The molecule has 0 aliphatic heterocycles. The van der Waals surface area contributed by atoms with E-state index in [1.54, 1.807) is 12.3 Å². The van der Waals surface area contributed by atoms with Gasteiger partial charge in [0.25, 0.3) is 5.91 Å². The van der Waals surface area contributed by atoms with Crippen LogP contribution in [0.15, 0.2) is 41.4 Å². The summed E-state index contributed by atoms with van der Waals surface area (Å²) in [5.41, 5.74) is 0. The minimum atomic E-state index is -0.393. The fourth-order valence-electron chi connectivity index (χ4n) is 3.03. The first kappa shape index (κ1) is 19.8. The number of nitrogens with zero attached hydrogens (tertiary/aromatic N) is 2. The van der Waals surface area contributed by atoms with Gasteiger partial charge in [0, 0.05) is 21.7 Å². The predicted molar refractivity (Wildman–Crippen MR) is 106 cm³/mol. The normalized spacial score (nSPS) is 14.3. The van der Waals surface area contributed by atoms with Crippen LogP contribution in [0.1, 0.15) is 38.1 Å². The second kappa shape index (κ2) is 9.80. The van der Waals surface area contributed by atoms with Crippen molar-refractivity contribution in [2.45, 2.75) is 43.0 Å². The van der Waals surface area contributed by atoms with Gasteiger partial charge in [-0.3, -0.25) is 9.59 Å². The van der Waals surface area contributed by atoms with Crippen molar-refractivity contribution in [1.82, 2.24) is 9.78 Å². The lowest BCUT2D eigenvalue weighted by Gasteiger charge is -2.14. The molecule has 0 unspecified atom stereocenters. The van der Waals surface area contributed by atoms with Crippen molar-refractivity contribution in [2.75, 3.05) is 17.7 Å². The molecule has 1 aliphatic rings. The smallest absolute Gasteiger partial charge is 0.307 e. The van der Waals surface area contributed by atoms with E-state index >= 15 is 0 Å². The highest BCUT2D eigenvalue weighted by Gasteiger charge is 2.20. The lowest BCUT2D eigenvalue weighted by molar-refractivity contribution is -0.146. The minimum Gasteiger partial charge on any atom is -0.456 e. The van der Waals surface area contributed by atoms with Crippen LogP contribution in [0, 0.1) is 0 Å². The second-order valence-electron chi connectivity index (χ2n) is 6.36. The number of anilines is 1. The number of aromatic nitrogens is 2. The molecular formula is C19H22ClN3O3S. The molecule has 0 bridgehead atoms. The van der Waals surface area contributed by atoms with E-state index in [0.717, 1.165) is 17.7 Å². The summed E-state index contributed by atoms with van der Waals surface area (Å²) in [6.45, 7) is -0.291. The Labute approximate surface area is 167 Å². The highest BCUT2D eigenvalue weighted by atomic mass is 35.5. The Morgan fingerprint density at radius 2 is 1.96 bits per heavy atom. The molecule has 8 heteroatoms. The third kappa shape index (κ3) is 6.01. The number of rotatable bonds is 8. The summed E-state index contributed by atoms with van der Waals surface area (Å²) < 4.78 is 6.92. The second-order valence-corrected chi connectivity index (χ2v) is 7.97. The lowest BCUT2D eigenvalue weighted by Crippen LogP contribution is -2.23. The first-order chi connectivity index (χ1) is 13.1. The third-order valence-electron chi connectivity index (χ3n) is 4.36. The Bertz CT molecular complexity index is 773. The average molecular weight is 408 g/mol. The fraction of sp³-hybridized carbons (Fsp3) is 0.421. The van der Waals surface area contributed by atoms with Crippen LogP contribution < -0.4 is 5.32 Å². The molecule has 144 valence electrons. The van der Waals surface area contributed by atoms with Crippen LogP contribution in [-0.4, -0.2) is 34.0 Å². The van der Waals surface area contributed by atoms with Crippen molar-refractivity contribution in [3.8, 4) is 0 Å². The minimum absolute atomic E-state index is 0.237. The van der Waals surface area contributed by atoms with Crippen LogP contribution in [0.25, 0.3) is 0 Å². The number of carbonyl (C=O) groups excluding carboxylic acids is 2. The molecule has 0 radical (unpaired) electrons. The van der Waals surface area contributed by atoms with Gasteiger partial charge in [0.15, 0.2) is 6.61 Å². The topological polar surface area (TPSA) is 73.2 Å². The summed E-state index contributed by atoms with van der Waals surface area (Å²) in [4.78, 5) is 24.9. The van der Waals surface area contributed by atoms with Gasteiger partial charge in [-0.25, -0.2) is 4.68 Å². The Morgan fingerprint density at radius 1 is 1.22 bits per heavy atom. The molecule has 0 spiro atoms. The quantitative estimate of drug-likeness (QED) is 0.521. The predicted octanol–water partition coefficient (Wildman–Crippen LogP) is 4.32. The van der Waals surface area contributed by atoms with Crippen LogP contribution in [0.4, 0.5) is 5.82 Å². The first-order valence-corrected chi connectivity index (χ1v) is 10.4. The molecule has 3 rings (SSSR count). The zero-order chi connectivity index (χ0) is 19.1. The Morgan fingerprint density at radius 3 is 2.70 bits per heavy atom. The molecule has 0 saturated heterocycles. The molecule has 1 saturated carbocycles. The van der Waals surface area contributed by atoms with Crippen LogP contribution in [0.5, 0.6) is 0 Å². The van der Waals surface area contributed by atoms with Crippen molar-refractivity contribution in [1.29, 1.82) is 0 Å². The van der Waals surface area contributed by atoms with Gasteiger partial charge < -0.3 is 10.1 Å². The van der Waals surface area contributed by atoms with E-state index in [9.17, 15) is 9.59 Å². The molecule has 1 heterocycles. The van der Waals surface area contributed by atoms with E-state index < -0.39 is 5.97 Å². The summed E-state index contributed by atoms with van der Waals surface area (Å²) in [5, 5.41) is 7.76. The zero-order valence-corrected chi connectivity index (χ0v) is 16.5. The van der Waals surface area contributed by atoms with Gasteiger partial charge in [0.05, 0.1) is 18.7 Å². The van der Waals surface area contributed by atoms with Gasteiger partial charge in [0.2, 0.25) is 0 Å². The number of thioether (sulfide) groups is 1. The highest BCUT2D eigenvalue weighted by molar-refractivity contribution is 7.99. The van der Waals surface area contributed by atoms with Gasteiger partial charge in [-0.2, -0.15) is 5.10 Å². The summed E-state index contributed by atoms with van der Waals surface area (Å²) >= 11 is 7.38. The average Bonchev–Trinajstić information content (AvgIpc) is 3.33. The maximum Gasteiger partial charge on any atom is 0.307 e. The number of esters is 1. The standard InChI is InChI=1S/C19H22ClN3O3S/c20-14-5-7-16(8-6-14)27-12-10-19(25)26-13-18(24)22-17-9-11-21-23(17)15-3-1-2-4-15/h5-9,11,15H,1-4,10,12-13H2,(H,22,24). The Balaban J connectivity index is 1.37. The number of halogens is 1. The van der Waals surface area contributed by atoms with Crippen molar-refractivity contribution < 1.29 is 14.3 Å². The number of hydrogen-bond acceptors (Lipinski definition) is 5. The molecule has 0 atom stereocenters. The molecular weight excluding hydrogens is 386 g/mol. The van der Waals surface area contributed by atoms with Crippen LogP contribution in [-0.2, 0) is 14.3 Å². The van der Waals surface area contributed by atoms with Gasteiger partial charge in [-0.15, -0.1) is 11.8 Å². The molecule has 2 aromatic rings. The van der Waals surface area contributed by atoms with E-state index in [1.807, 2.05) is 28.9 Å². The molecule has 27 heavy (non-hydrogen) atoms. The van der Waals surface area contributed by atoms with Crippen LogP contribution in [0.3, 0.4) is 0 Å². The number of carbonyl (C=O) groups is 2. The molecule has 1 aromatic carbocycles. The molecule has 1 aromatic heterocycles. The van der Waals surface area contributed by atoms with E-state index in [4.69, 9.17) is 16.3 Å². The number of amides is 1. The molecule has 1 N–H and O–H groups in total. The number of hydrogen-bond donors (Lipinski definition) is 1. The van der Waals surface area contributed by atoms with E-state index in [2.05, 4.69) is 10.4 Å². The molecule has 1 amide bonds. The summed E-state index contributed by atoms with van der Waals surface area (Å²) in [6, 6.07) is 9.52. The summed E-state index contributed by atoms with van der Waals surface area (Å²) in [6.07, 6.45) is 6.43. The zero-order valence-electron chi connectivity index (χ0n) is 14.9. The third-order valence-corrected chi connectivity index (χ3v) is 5.63. The lowest BCUT2D eigenvalue weighted by atomic mass is 10.2. The fourth-order valence-corrected chi connectivity index (χ4v) is 3.99. The maximum atomic E-state index is 12.1. The molecule has 6 nitrogen and oxygen atoms in total. The van der Waals surface area contributed by atoms with Gasteiger partial charge in [-0.05, 0) is 37.1 Å². The van der Waals surface area contributed by atoms with Crippen LogP contribution >= 0.6 is 23.4 Å². The van der Waals surface area contributed by atoms with E-state index in [-0.39, 0.29) is 18.9 Å². The van der Waals surface area contributed by atoms with Crippen molar-refractivity contribution >= 4 is 41.1 Å². The van der Waals surface area contributed by atoms with E-state index in [1.165, 1.54) is 24.6 Å². The Kier molecular flexibility index (Phi) is 7.18. The van der Waals surface area contributed by atoms with Gasteiger partial charge >= 0.3 is 5.97 Å². The summed E-state index contributed by atoms with van der Waals surface area (Å²) in [7, 11) is 0. The number of ether oxygens (including phenoxy) is 1. The Hall–Kier alpha value is -1.99. The van der Waals surface area contributed by atoms with Crippen molar-refractivity contribution in [2.24, 2.45) is 0 Å². The van der Waals surface area contributed by atoms with Gasteiger partial charge in [0.1, 0.15) is 5.82 Å². The highest BCUT2D eigenvalue weighted by Crippen LogP contribution is 2.31. The SMILES string of the molecule is O=C(COC(=O)CCSc1ccc(Cl)cc1)Nc1ccnn1C1CCCC1. The molecule has 1 aliphatic carbocycles. The monoisotopic (exact) mass is 407 g/mol. The van der Waals surface area contributed by atoms with Gasteiger partial charge in [-0.1, -0.05) is 24.4 Å². The van der Waals surface area contributed by atoms with E-state index in [0.29, 0.717) is 22.6 Å². The maximum absolute atomic E-state index is 12.1. The van der Waals surface area contributed by atoms with Crippen LogP contribution in [0.2, 0.25) is 5.02 Å². The van der Waals surface area contributed by atoms with Crippen molar-refractivity contribution in [3.05, 3.63) is 41.6 Å². The molecule has 1 fully saturated rings.